The van der Waals surface area contributed by atoms with Crippen LogP contribution in [0.4, 0.5) is 0 Å². The monoisotopic (exact) mass is 271 g/mol. The quantitative estimate of drug-likeness (QED) is 0.878. The van der Waals surface area contributed by atoms with Gasteiger partial charge in [-0.1, -0.05) is 36.4 Å². The molecule has 0 spiro atoms. The number of ether oxygens (including phenoxy) is 2. The van der Waals surface area contributed by atoms with Crippen LogP contribution < -0.4 is 15.2 Å². The summed E-state index contributed by atoms with van der Waals surface area (Å²) >= 11 is 0. The van der Waals surface area contributed by atoms with Crippen LogP contribution in [0.2, 0.25) is 0 Å². The minimum atomic E-state index is 0.314. The first-order chi connectivity index (χ1) is 9.78. The molecular weight excluding hydrogens is 250 g/mol. The Morgan fingerprint density at radius 3 is 2.25 bits per heavy atom. The van der Waals surface area contributed by atoms with Crippen molar-refractivity contribution in [3.8, 4) is 11.5 Å². The average Bonchev–Trinajstić information content (AvgIpc) is 2.53. The van der Waals surface area contributed by atoms with Gasteiger partial charge in [-0.05, 0) is 36.2 Å². The van der Waals surface area contributed by atoms with E-state index in [1.807, 2.05) is 30.3 Å². The fraction of sp³-hybridized carbons (Fsp3) is 0.294. The molecule has 0 bridgehead atoms. The van der Waals surface area contributed by atoms with E-state index < -0.39 is 0 Å². The number of benzene rings is 2. The number of methoxy groups -OCH3 is 2. The molecule has 0 heterocycles. The Bertz CT molecular complexity index is 540. The average molecular weight is 271 g/mol. The van der Waals surface area contributed by atoms with Gasteiger partial charge in [0.2, 0.25) is 0 Å². The first-order valence-corrected chi connectivity index (χ1v) is 6.74. The van der Waals surface area contributed by atoms with Crippen molar-refractivity contribution in [2.75, 3.05) is 20.8 Å². The van der Waals surface area contributed by atoms with E-state index in [1.165, 1.54) is 11.1 Å². The highest BCUT2D eigenvalue weighted by Gasteiger charge is 2.12. The van der Waals surface area contributed by atoms with Gasteiger partial charge in [0.25, 0.3) is 0 Å². The number of hydrogen-bond acceptors (Lipinski definition) is 3. The van der Waals surface area contributed by atoms with Crippen LogP contribution in [0.5, 0.6) is 11.5 Å². The summed E-state index contributed by atoms with van der Waals surface area (Å²) in [5, 5.41) is 0. The second kappa shape index (κ2) is 6.96. The van der Waals surface area contributed by atoms with Crippen LogP contribution in [0.1, 0.15) is 17.0 Å². The van der Waals surface area contributed by atoms with E-state index in [0.29, 0.717) is 12.5 Å². The van der Waals surface area contributed by atoms with Crippen LogP contribution >= 0.6 is 0 Å². The summed E-state index contributed by atoms with van der Waals surface area (Å²) in [6.07, 6.45) is 0.890. The maximum atomic E-state index is 5.92. The molecule has 0 fully saturated rings. The molecule has 0 amide bonds. The van der Waals surface area contributed by atoms with Crippen LogP contribution in [0.25, 0.3) is 0 Å². The Morgan fingerprint density at radius 1 is 0.950 bits per heavy atom. The van der Waals surface area contributed by atoms with Crippen molar-refractivity contribution in [1.82, 2.24) is 0 Å². The van der Waals surface area contributed by atoms with Crippen LogP contribution in [0.15, 0.2) is 48.5 Å². The molecule has 0 saturated heterocycles. The third-order valence-electron chi connectivity index (χ3n) is 3.49. The van der Waals surface area contributed by atoms with Gasteiger partial charge in [0.15, 0.2) is 11.5 Å². The maximum absolute atomic E-state index is 5.92. The molecule has 1 atom stereocenters. The Morgan fingerprint density at radius 2 is 1.65 bits per heavy atom. The van der Waals surface area contributed by atoms with Crippen molar-refractivity contribution < 1.29 is 9.47 Å². The third-order valence-corrected chi connectivity index (χ3v) is 3.49. The molecule has 20 heavy (non-hydrogen) atoms. The summed E-state index contributed by atoms with van der Waals surface area (Å²) in [4.78, 5) is 0. The number of hydrogen-bond donors (Lipinski definition) is 1. The summed E-state index contributed by atoms with van der Waals surface area (Å²) in [6, 6.07) is 16.4. The second-order valence-corrected chi connectivity index (χ2v) is 4.74. The standard InChI is InChI=1S/C17H21NO2/c1-19-16-9-8-13(11-17(16)20-2)10-15(12-18)14-6-4-3-5-7-14/h3-9,11,15H,10,12,18H2,1-2H3. The van der Waals surface area contributed by atoms with Crippen LogP contribution in [-0.2, 0) is 6.42 Å². The fourth-order valence-corrected chi connectivity index (χ4v) is 2.35. The van der Waals surface area contributed by atoms with E-state index in [-0.39, 0.29) is 0 Å². The van der Waals surface area contributed by atoms with Gasteiger partial charge in [0, 0.05) is 5.92 Å². The Kier molecular flexibility index (Phi) is 5.02. The molecule has 0 aliphatic rings. The Labute approximate surface area is 120 Å². The van der Waals surface area contributed by atoms with Gasteiger partial charge in [0.05, 0.1) is 14.2 Å². The zero-order valence-corrected chi connectivity index (χ0v) is 12.0. The van der Waals surface area contributed by atoms with E-state index in [9.17, 15) is 0 Å². The van der Waals surface area contributed by atoms with Crippen molar-refractivity contribution >= 4 is 0 Å². The highest BCUT2D eigenvalue weighted by molar-refractivity contribution is 5.43. The van der Waals surface area contributed by atoms with E-state index in [0.717, 1.165) is 17.9 Å². The molecule has 3 nitrogen and oxygen atoms in total. The van der Waals surface area contributed by atoms with Gasteiger partial charge in [-0.15, -0.1) is 0 Å². The number of rotatable bonds is 6. The Hall–Kier alpha value is -2.00. The molecule has 0 aromatic heterocycles. The minimum absolute atomic E-state index is 0.314. The lowest BCUT2D eigenvalue weighted by Gasteiger charge is -2.16. The molecule has 2 aromatic rings. The van der Waals surface area contributed by atoms with Crippen molar-refractivity contribution in [3.05, 3.63) is 59.7 Å². The van der Waals surface area contributed by atoms with E-state index in [1.54, 1.807) is 14.2 Å². The third kappa shape index (κ3) is 3.31. The molecule has 1 unspecified atom stereocenters. The lowest BCUT2D eigenvalue weighted by atomic mass is 9.92. The highest BCUT2D eigenvalue weighted by Crippen LogP contribution is 2.29. The zero-order chi connectivity index (χ0) is 14.4. The topological polar surface area (TPSA) is 44.5 Å². The smallest absolute Gasteiger partial charge is 0.160 e. The normalized spacial score (nSPS) is 11.9. The van der Waals surface area contributed by atoms with Gasteiger partial charge in [-0.3, -0.25) is 0 Å². The second-order valence-electron chi connectivity index (χ2n) is 4.74. The number of nitrogens with two attached hydrogens (primary N) is 1. The van der Waals surface area contributed by atoms with Gasteiger partial charge in [0.1, 0.15) is 0 Å². The Balaban J connectivity index is 2.20. The van der Waals surface area contributed by atoms with Crippen LogP contribution in [0.3, 0.4) is 0 Å². The van der Waals surface area contributed by atoms with Crippen molar-refractivity contribution in [3.63, 3.8) is 0 Å². The van der Waals surface area contributed by atoms with Crippen molar-refractivity contribution in [2.24, 2.45) is 5.73 Å². The SMILES string of the molecule is COc1ccc(CC(CN)c2ccccc2)cc1OC. The molecule has 0 aliphatic carbocycles. The molecular formula is C17H21NO2. The summed E-state index contributed by atoms with van der Waals surface area (Å²) in [6.45, 7) is 0.623. The lowest BCUT2D eigenvalue weighted by molar-refractivity contribution is 0.354. The zero-order valence-electron chi connectivity index (χ0n) is 12.0. The molecule has 0 saturated carbocycles. The molecule has 2 aromatic carbocycles. The molecule has 106 valence electrons. The highest BCUT2D eigenvalue weighted by atomic mass is 16.5. The minimum Gasteiger partial charge on any atom is -0.493 e. The first-order valence-electron chi connectivity index (χ1n) is 6.74. The predicted molar refractivity (Wildman–Crippen MR) is 81.5 cm³/mol. The van der Waals surface area contributed by atoms with Crippen molar-refractivity contribution in [1.29, 1.82) is 0 Å². The molecule has 0 aliphatic heterocycles. The van der Waals surface area contributed by atoms with Gasteiger partial charge in [-0.2, -0.15) is 0 Å². The molecule has 3 heteroatoms. The van der Waals surface area contributed by atoms with Crippen molar-refractivity contribution in [2.45, 2.75) is 12.3 Å². The van der Waals surface area contributed by atoms with Gasteiger partial charge >= 0.3 is 0 Å². The van der Waals surface area contributed by atoms with E-state index in [2.05, 4.69) is 18.2 Å². The summed E-state index contributed by atoms with van der Waals surface area (Å²) in [5.74, 6) is 1.82. The molecule has 2 rings (SSSR count). The van der Waals surface area contributed by atoms with Crippen LogP contribution in [0, 0.1) is 0 Å². The van der Waals surface area contributed by atoms with Crippen LogP contribution in [-0.4, -0.2) is 20.8 Å². The van der Waals surface area contributed by atoms with Gasteiger partial charge in [-0.25, -0.2) is 0 Å². The van der Waals surface area contributed by atoms with E-state index in [4.69, 9.17) is 15.2 Å². The fourth-order valence-electron chi connectivity index (χ4n) is 2.35. The predicted octanol–water partition coefficient (Wildman–Crippen LogP) is 2.99. The lowest BCUT2D eigenvalue weighted by Crippen LogP contribution is -2.15. The van der Waals surface area contributed by atoms with E-state index >= 15 is 0 Å². The summed E-state index contributed by atoms with van der Waals surface area (Å²) in [5.41, 5.74) is 8.39. The first kappa shape index (κ1) is 14.4. The summed E-state index contributed by atoms with van der Waals surface area (Å²) in [7, 11) is 3.30. The molecule has 0 radical (unpaired) electrons. The van der Waals surface area contributed by atoms with Gasteiger partial charge < -0.3 is 15.2 Å². The summed E-state index contributed by atoms with van der Waals surface area (Å²) < 4.78 is 10.6. The maximum Gasteiger partial charge on any atom is 0.160 e. The largest absolute Gasteiger partial charge is 0.493 e. The molecule has 2 N–H and O–H groups in total.